The highest BCUT2D eigenvalue weighted by molar-refractivity contribution is 5.79. The fourth-order valence-electron chi connectivity index (χ4n) is 5.31. The van der Waals surface area contributed by atoms with E-state index in [1.807, 2.05) is 0 Å². The number of aromatic nitrogens is 2. The van der Waals surface area contributed by atoms with Gasteiger partial charge < -0.3 is 29.7 Å². The third-order valence-electron chi connectivity index (χ3n) is 7.68. The van der Waals surface area contributed by atoms with Gasteiger partial charge in [0, 0.05) is 50.3 Å². The molecular weight excluding hydrogens is 589 g/mol. The molecule has 1 saturated heterocycles. The third-order valence-corrected chi connectivity index (χ3v) is 7.68. The first kappa shape index (κ1) is 31.3. The summed E-state index contributed by atoms with van der Waals surface area (Å²) in [5.74, 6) is -0.741. The summed E-state index contributed by atoms with van der Waals surface area (Å²) in [6.45, 7) is 1.17. The number of halogens is 1. The minimum Gasteiger partial charge on any atom is -0.493 e. The molecule has 2 aliphatic heterocycles. The van der Waals surface area contributed by atoms with E-state index >= 15 is 0 Å². The van der Waals surface area contributed by atoms with E-state index in [0.29, 0.717) is 23.5 Å². The van der Waals surface area contributed by atoms with Crippen molar-refractivity contribution in [2.75, 3.05) is 26.8 Å². The summed E-state index contributed by atoms with van der Waals surface area (Å²) in [7, 11) is 1.48. The number of ether oxygens (including phenoxy) is 3. The second kappa shape index (κ2) is 13.7. The van der Waals surface area contributed by atoms with Gasteiger partial charge in [0.05, 0.1) is 13.2 Å². The highest BCUT2D eigenvalue weighted by atomic mass is 19.1. The maximum absolute atomic E-state index is 14.6. The van der Waals surface area contributed by atoms with Crippen molar-refractivity contribution >= 4 is 17.7 Å². The number of aromatic amines is 1. The second-order valence-electron chi connectivity index (χ2n) is 11.0. The monoisotopic (exact) mass is 623 g/mol. The summed E-state index contributed by atoms with van der Waals surface area (Å²) in [6.07, 6.45) is 1.51. The van der Waals surface area contributed by atoms with Crippen LogP contribution in [-0.4, -0.2) is 71.1 Å². The lowest BCUT2D eigenvalue weighted by Gasteiger charge is -2.39. The molecule has 3 heterocycles. The number of methoxy groups -OCH3 is 1. The van der Waals surface area contributed by atoms with Gasteiger partial charge in [-0.15, -0.1) is 0 Å². The molecule has 3 N–H and O–H groups in total. The van der Waals surface area contributed by atoms with Crippen molar-refractivity contribution in [1.29, 1.82) is 0 Å². The number of likely N-dealkylation sites (tertiary alicyclic amines) is 1. The molecule has 4 bridgehead atoms. The molecule has 2 aliphatic rings. The summed E-state index contributed by atoms with van der Waals surface area (Å²) in [4.78, 5) is 66.6. The van der Waals surface area contributed by atoms with Crippen molar-refractivity contribution in [2.45, 2.75) is 51.4 Å². The summed E-state index contributed by atoms with van der Waals surface area (Å²) in [5, 5.41) is 5.69. The van der Waals surface area contributed by atoms with Crippen LogP contribution in [0.25, 0.3) is 0 Å². The molecule has 45 heavy (non-hydrogen) atoms. The number of fused-ring (bicyclic) bond motifs is 5. The first-order valence-electron chi connectivity index (χ1n) is 14.5. The molecule has 13 nitrogen and oxygen atoms in total. The average Bonchev–Trinajstić information content (AvgIpc) is 3.00. The number of hydrogen-bond acceptors (Lipinski definition) is 8. The van der Waals surface area contributed by atoms with Crippen molar-refractivity contribution in [3.05, 3.63) is 85.9 Å². The number of H-pyrrole nitrogens is 1. The zero-order chi connectivity index (χ0) is 32.1. The SMILES string of the molecule is COc1ccc2cc1OCC(=O)N[C@@H]1CN(C(=O)Cn3cc(C)c(=O)[nH]c3=O)CC[C@H]1Oc1cc(F)cc(c1)CNC(=O)CC2. The van der Waals surface area contributed by atoms with E-state index in [9.17, 15) is 28.4 Å². The fourth-order valence-corrected chi connectivity index (χ4v) is 5.31. The molecular formula is C31H34FN5O8. The van der Waals surface area contributed by atoms with E-state index in [2.05, 4.69) is 15.6 Å². The average molecular weight is 624 g/mol. The Balaban J connectivity index is 1.40. The molecule has 14 heteroatoms. The van der Waals surface area contributed by atoms with Gasteiger partial charge in [0.1, 0.15) is 24.2 Å². The number of piperidine rings is 1. The van der Waals surface area contributed by atoms with Gasteiger partial charge in [-0.1, -0.05) is 6.07 Å². The molecule has 3 amide bonds. The number of rotatable bonds is 3. The van der Waals surface area contributed by atoms with Gasteiger partial charge in [0.25, 0.3) is 11.5 Å². The van der Waals surface area contributed by atoms with Gasteiger partial charge in [-0.2, -0.15) is 0 Å². The van der Waals surface area contributed by atoms with Crippen LogP contribution in [-0.2, 0) is 33.9 Å². The first-order chi connectivity index (χ1) is 21.6. The smallest absolute Gasteiger partial charge is 0.328 e. The first-order valence-corrected chi connectivity index (χ1v) is 14.5. The summed E-state index contributed by atoms with van der Waals surface area (Å²) >= 11 is 0. The van der Waals surface area contributed by atoms with Gasteiger partial charge in [0.15, 0.2) is 18.1 Å². The number of nitrogens with one attached hydrogen (secondary N) is 3. The van der Waals surface area contributed by atoms with Gasteiger partial charge in [-0.3, -0.25) is 28.7 Å². The van der Waals surface area contributed by atoms with E-state index < -0.39 is 41.0 Å². The molecule has 2 atom stereocenters. The van der Waals surface area contributed by atoms with E-state index in [1.54, 1.807) is 24.3 Å². The third kappa shape index (κ3) is 7.88. The zero-order valence-electron chi connectivity index (χ0n) is 24.9. The molecule has 5 rings (SSSR count). The van der Waals surface area contributed by atoms with Crippen LogP contribution < -0.4 is 36.1 Å². The number of nitrogens with zero attached hydrogens (tertiary/aromatic N) is 2. The Labute approximate surface area is 257 Å². The van der Waals surface area contributed by atoms with Crippen LogP contribution in [0.3, 0.4) is 0 Å². The minimum absolute atomic E-state index is 0.0311. The molecule has 2 aromatic carbocycles. The lowest BCUT2D eigenvalue weighted by molar-refractivity contribution is -0.136. The number of carbonyl (C=O) groups excluding carboxylic acids is 3. The lowest BCUT2D eigenvalue weighted by Crippen LogP contribution is -2.59. The van der Waals surface area contributed by atoms with Crippen LogP contribution in [0.1, 0.15) is 29.5 Å². The topological polar surface area (TPSA) is 161 Å². The Morgan fingerprint density at radius 2 is 1.89 bits per heavy atom. The van der Waals surface area contributed by atoms with Crippen LogP contribution in [0.5, 0.6) is 17.2 Å². The molecule has 0 radical (unpaired) electrons. The van der Waals surface area contributed by atoms with Crippen molar-refractivity contribution in [2.24, 2.45) is 0 Å². The lowest BCUT2D eigenvalue weighted by atomic mass is 10.0. The summed E-state index contributed by atoms with van der Waals surface area (Å²) < 4.78 is 33.0. The number of amides is 3. The predicted molar refractivity (Wildman–Crippen MR) is 159 cm³/mol. The molecule has 0 unspecified atom stereocenters. The molecule has 0 spiro atoms. The summed E-state index contributed by atoms with van der Waals surface area (Å²) in [5.41, 5.74) is 0.325. The second-order valence-corrected chi connectivity index (χ2v) is 11.0. The van der Waals surface area contributed by atoms with Gasteiger partial charge >= 0.3 is 5.69 Å². The van der Waals surface area contributed by atoms with Crippen LogP contribution >= 0.6 is 0 Å². The standard InChI is InChI=1S/C31H34FN5O8/c1-18-14-37(31(42)35-30(18)41)16-29(40)36-8-7-24-23(15-36)34-28(39)17-44-26-11-19(3-5-25(26)43-2)4-6-27(38)33-13-20-9-21(32)12-22(10-20)45-24/h3,5,9-12,14,23-24H,4,6-8,13,15-17H2,1-2H3,(H,33,38)(H,34,39)(H,35,41,42)/t23-,24-/m1/s1. The van der Waals surface area contributed by atoms with E-state index in [-0.39, 0.29) is 62.8 Å². The fraction of sp³-hybridized carbons (Fsp3) is 0.387. The van der Waals surface area contributed by atoms with Crippen molar-refractivity contribution in [3.8, 4) is 17.2 Å². The Morgan fingerprint density at radius 1 is 1.07 bits per heavy atom. The van der Waals surface area contributed by atoms with Crippen molar-refractivity contribution in [1.82, 2.24) is 25.1 Å². The van der Waals surface area contributed by atoms with E-state index in [1.165, 1.54) is 37.3 Å². The predicted octanol–water partition coefficient (Wildman–Crippen LogP) is 0.799. The Morgan fingerprint density at radius 3 is 2.69 bits per heavy atom. The van der Waals surface area contributed by atoms with E-state index in [0.717, 1.165) is 10.1 Å². The molecule has 3 aromatic rings. The molecule has 238 valence electrons. The number of aryl methyl sites for hydroxylation is 2. The van der Waals surface area contributed by atoms with Crippen LogP contribution in [0.2, 0.25) is 0 Å². The highest BCUT2D eigenvalue weighted by Crippen LogP contribution is 2.29. The maximum atomic E-state index is 14.6. The molecule has 1 fully saturated rings. The molecule has 0 saturated carbocycles. The minimum atomic E-state index is -0.730. The quantitative estimate of drug-likeness (QED) is 0.386. The van der Waals surface area contributed by atoms with Crippen LogP contribution in [0.15, 0.2) is 52.2 Å². The number of carbonyl (C=O) groups is 3. The van der Waals surface area contributed by atoms with Crippen molar-refractivity contribution in [3.63, 3.8) is 0 Å². The highest BCUT2D eigenvalue weighted by Gasteiger charge is 2.34. The Bertz CT molecular complexity index is 1720. The molecule has 1 aromatic heterocycles. The number of hydrogen-bond donors (Lipinski definition) is 3. The Hall–Kier alpha value is -5.14. The largest absolute Gasteiger partial charge is 0.493 e. The maximum Gasteiger partial charge on any atom is 0.328 e. The summed E-state index contributed by atoms with van der Waals surface area (Å²) in [6, 6.07) is 8.60. The van der Waals surface area contributed by atoms with Gasteiger partial charge in [-0.25, -0.2) is 9.18 Å². The van der Waals surface area contributed by atoms with Gasteiger partial charge in [0.2, 0.25) is 11.8 Å². The van der Waals surface area contributed by atoms with Gasteiger partial charge in [-0.05, 0) is 48.7 Å². The van der Waals surface area contributed by atoms with Crippen LogP contribution in [0.4, 0.5) is 4.39 Å². The van der Waals surface area contributed by atoms with Crippen LogP contribution in [0, 0.1) is 12.7 Å². The van der Waals surface area contributed by atoms with Crippen molar-refractivity contribution < 1.29 is 33.0 Å². The Kier molecular flexibility index (Phi) is 9.50. The van der Waals surface area contributed by atoms with E-state index in [4.69, 9.17) is 14.2 Å². The normalized spacial score (nSPS) is 19.0. The molecule has 0 aliphatic carbocycles. The zero-order valence-corrected chi connectivity index (χ0v) is 24.9. The number of benzene rings is 2.